The first-order chi connectivity index (χ1) is 14.4. The van der Waals surface area contributed by atoms with Gasteiger partial charge in [-0.2, -0.15) is 0 Å². The lowest BCUT2D eigenvalue weighted by Crippen LogP contribution is -2.23. The van der Waals surface area contributed by atoms with E-state index < -0.39 is 0 Å². The molecule has 0 unspecified atom stereocenters. The minimum Gasteiger partial charge on any atom is -0.476 e. The zero-order valence-electron chi connectivity index (χ0n) is 16.9. The van der Waals surface area contributed by atoms with Crippen molar-refractivity contribution in [3.63, 3.8) is 0 Å². The fourth-order valence-electron chi connectivity index (χ4n) is 3.20. The highest BCUT2D eigenvalue weighted by Gasteiger charge is 2.21. The zero-order valence-corrected chi connectivity index (χ0v) is 16.9. The van der Waals surface area contributed by atoms with Crippen LogP contribution in [0.3, 0.4) is 0 Å². The van der Waals surface area contributed by atoms with E-state index in [9.17, 15) is 9.59 Å². The van der Waals surface area contributed by atoms with E-state index in [-0.39, 0.29) is 29.5 Å². The number of amides is 1. The summed E-state index contributed by atoms with van der Waals surface area (Å²) in [6.45, 7) is 5.45. The molecule has 6 nitrogen and oxygen atoms in total. The van der Waals surface area contributed by atoms with Gasteiger partial charge in [0, 0.05) is 5.69 Å². The number of anilines is 1. The van der Waals surface area contributed by atoms with Crippen molar-refractivity contribution in [3.8, 4) is 17.3 Å². The number of hydrogen-bond donors (Lipinski definition) is 1. The largest absolute Gasteiger partial charge is 0.476 e. The van der Waals surface area contributed by atoms with Crippen LogP contribution in [0.2, 0.25) is 0 Å². The highest BCUT2D eigenvalue weighted by atomic mass is 16.5. The Morgan fingerprint density at radius 3 is 2.67 bits per heavy atom. The predicted molar refractivity (Wildman–Crippen MR) is 115 cm³/mol. The lowest BCUT2D eigenvalue weighted by Gasteiger charge is -2.12. The zero-order chi connectivity index (χ0) is 21.3. The molecule has 2 aromatic heterocycles. The average molecular weight is 403 g/mol. The molecule has 0 aliphatic rings. The summed E-state index contributed by atoms with van der Waals surface area (Å²) in [6.07, 6.45) is 1.48. The molecule has 0 radical (unpaired) electrons. The first kappa shape index (κ1) is 19.5. The van der Waals surface area contributed by atoms with Crippen LogP contribution in [0.15, 0.2) is 68.4 Å². The van der Waals surface area contributed by atoms with Crippen molar-refractivity contribution >= 4 is 22.6 Å². The summed E-state index contributed by atoms with van der Waals surface area (Å²) in [5, 5.41) is 3.21. The lowest BCUT2D eigenvalue weighted by molar-refractivity contribution is -0.118. The third-order valence-electron chi connectivity index (χ3n) is 4.98. The summed E-state index contributed by atoms with van der Waals surface area (Å²) >= 11 is 0. The Bertz CT molecular complexity index is 1290. The molecule has 0 aliphatic heterocycles. The summed E-state index contributed by atoms with van der Waals surface area (Å²) < 4.78 is 17.0. The van der Waals surface area contributed by atoms with E-state index in [1.807, 2.05) is 45.0 Å². The minimum absolute atomic E-state index is 0.0563. The van der Waals surface area contributed by atoms with Crippen molar-refractivity contribution in [2.75, 3.05) is 11.9 Å². The number of carbonyl (C=O) groups is 1. The lowest BCUT2D eigenvalue weighted by atomic mass is 10.1. The number of hydrogen-bond acceptors (Lipinski definition) is 5. The number of aryl methyl sites for hydroxylation is 2. The molecule has 4 rings (SSSR count). The number of benzene rings is 2. The van der Waals surface area contributed by atoms with Gasteiger partial charge in [0.05, 0.1) is 11.6 Å². The molecule has 0 saturated heterocycles. The van der Waals surface area contributed by atoms with Crippen LogP contribution in [0.1, 0.15) is 16.7 Å². The van der Waals surface area contributed by atoms with Crippen LogP contribution in [-0.4, -0.2) is 12.5 Å². The highest BCUT2D eigenvalue weighted by molar-refractivity contribution is 5.93. The molecule has 0 bridgehead atoms. The van der Waals surface area contributed by atoms with Gasteiger partial charge in [0.15, 0.2) is 12.4 Å². The van der Waals surface area contributed by atoms with Gasteiger partial charge in [-0.25, -0.2) is 0 Å². The molecular weight excluding hydrogens is 382 g/mol. The van der Waals surface area contributed by atoms with Crippen LogP contribution >= 0.6 is 0 Å². The smallest absolute Gasteiger partial charge is 0.262 e. The van der Waals surface area contributed by atoms with Crippen molar-refractivity contribution in [2.45, 2.75) is 20.8 Å². The van der Waals surface area contributed by atoms with Crippen molar-refractivity contribution in [1.82, 2.24) is 0 Å². The van der Waals surface area contributed by atoms with Crippen LogP contribution in [0, 0.1) is 20.8 Å². The van der Waals surface area contributed by atoms with Gasteiger partial charge in [0.25, 0.3) is 5.91 Å². The fraction of sp³-hybridized carbons (Fsp3) is 0.167. The molecule has 152 valence electrons. The maximum atomic E-state index is 13.1. The van der Waals surface area contributed by atoms with Crippen LogP contribution in [0.4, 0.5) is 5.69 Å². The van der Waals surface area contributed by atoms with E-state index in [4.69, 9.17) is 13.6 Å². The standard InChI is InChI=1S/C24H21NO5/c1-14-9-10-19-17(12-14)22(27)24(23(30-19)20-8-5-11-28-20)29-13-21(26)25-18-7-4-6-15(2)16(18)3/h4-12H,13H2,1-3H3,(H,25,26). The quantitative estimate of drug-likeness (QED) is 0.507. The summed E-state index contributed by atoms with van der Waals surface area (Å²) in [4.78, 5) is 25.6. The van der Waals surface area contributed by atoms with Gasteiger partial charge in [0.2, 0.25) is 16.9 Å². The number of carbonyl (C=O) groups excluding carboxylic acids is 1. The highest BCUT2D eigenvalue weighted by Crippen LogP contribution is 2.31. The van der Waals surface area contributed by atoms with Crippen LogP contribution in [0.25, 0.3) is 22.5 Å². The van der Waals surface area contributed by atoms with Gasteiger partial charge < -0.3 is 18.9 Å². The number of fused-ring (bicyclic) bond motifs is 1. The second-order valence-electron chi connectivity index (χ2n) is 7.15. The fourth-order valence-corrected chi connectivity index (χ4v) is 3.20. The van der Waals surface area contributed by atoms with Gasteiger partial charge in [-0.3, -0.25) is 9.59 Å². The molecule has 0 aliphatic carbocycles. The molecule has 4 aromatic rings. The molecule has 0 saturated carbocycles. The summed E-state index contributed by atoms with van der Waals surface area (Å²) in [7, 11) is 0. The maximum Gasteiger partial charge on any atom is 0.262 e. The van der Waals surface area contributed by atoms with Crippen molar-refractivity contribution in [2.24, 2.45) is 0 Å². The Balaban J connectivity index is 1.66. The van der Waals surface area contributed by atoms with E-state index in [2.05, 4.69) is 5.32 Å². The molecule has 1 amide bonds. The van der Waals surface area contributed by atoms with E-state index in [0.29, 0.717) is 22.4 Å². The molecule has 2 aromatic carbocycles. The number of ether oxygens (including phenoxy) is 1. The maximum absolute atomic E-state index is 13.1. The SMILES string of the molecule is Cc1ccc2oc(-c3ccco3)c(OCC(=O)Nc3cccc(C)c3C)c(=O)c2c1. The summed E-state index contributed by atoms with van der Waals surface area (Å²) in [6, 6.07) is 14.3. The molecule has 0 spiro atoms. The Hall–Kier alpha value is -3.80. The number of rotatable bonds is 5. The van der Waals surface area contributed by atoms with E-state index in [0.717, 1.165) is 16.7 Å². The first-order valence-corrected chi connectivity index (χ1v) is 9.54. The van der Waals surface area contributed by atoms with E-state index in [1.165, 1.54) is 6.26 Å². The molecule has 1 N–H and O–H groups in total. The van der Waals surface area contributed by atoms with Crippen molar-refractivity contribution in [3.05, 3.63) is 81.7 Å². The molecule has 6 heteroatoms. The predicted octanol–water partition coefficient (Wildman–Crippen LogP) is 5.00. The molecule has 0 fully saturated rings. The van der Waals surface area contributed by atoms with Crippen LogP contribution < -0.4 is 15.5 Å². The molecular formula is C24H21NO5. The third-order valence-corrected chi connectivity index (χ3v) is 4.98. The number of furan rings is 1. The van der Waals surface area contributed by atoms with Gasteiger partial charge >= 0.3 is 0 Å². The summed E-state index contributed by atoms with van der Waals surface area (Å²) in [5.74, 6) is 0.0670. The number of nitrogens with one attached hydrogen (secondary N) is 1. The molecule has 30 heavy (non-hydrogen) atoms. The van der Waals surface area contributed by atoms with Crippen molar-refractivity contribution < 1.29 is 18.4 Å². The Morgan fingerprint density at radius 1 is 1.07 bits per heavy atom. The Kier molecular flexibility index (Phi) is 5.14. The topological polar surface area (TPSA) is 81.7 Å². The monoisotopic (exact) mass is 403 g/mol. The van der Waals surface area contributed by atoms with Gasteiger partial charge in [-0.05, 0) is 62.2 Å². The Morgan fingerprint density at radius 2 is 1.90 bits per heavy atom. The van der Waals surface area contributed by atoms with Crippen molar-refractivity contribution in [1.29, 1.82) is 0 Å². The normalized spacial score (nSPS) is 10.9. The molecule has 0 atom stereocenters. The van der Waals surface area contributed by atoms with Gasteiger partial charge in [0.1, 0.15) is 5.58 Å². The second-order valence-corrected chi connectivity index (χ2v) is 7.15. The Labute approximate surface area is 173 Å². The van der Waals surface area contributed by atoms with E-state index in [1.54, 1.807) is 24.3 Å². The van der Waals surface area contributed by atoms with Crippen LogP contribution in [0.5, 0.6) is 5.75 Å². The minimum atomic E-state index is -0.377. The second kappa shape index (κ2) is 7.91. The summed E-state index contributed by atoms with van der Waals surface area (Å²) in [5.41, 5.74) is 3.73. The van der Waals surface area contributed by atoms with Gasteiger partial charge in [-0.1, -0.05) is 23.8 Å². The first-order valence-electron chi connectivity index (χ1n) is 9.54. The third kappa shape index (κ3) is 3.72. The molecule has 2 heterocycles. The van der Waals surface area contributed by atoms with Gasteiger partial charge in [-0.15, -0.1) is 0 Å². The average Bonchev–Trinajstić information content (AvgIpc) is 3.26. The van der Waals surface area contributed by atoms with E-state index >= 15 is 0 Å². The van der Waals surface area contributed by atoms with Crippen LogP contribution in [-0.2, 0) is 4.79 Å².